The Balaban J connectivity index is 3.68. The average Bonchev–Trinajstić information content (AvgIpc) is 3.00. The van der Waals surface area contributed by atoms with Crippen molar-refractivity contribution in [1.29, 1.82) is 0 Å². The Morgan fingerprint density at radius 3 is 1.43 bits per heavy atom. The lowest BCUT2D eigenvalue weighted by Crippen LogP contribution is -2.18. The van der Waals surface area contributed by atoms with E-state index in [4.69, 9.17) is 9.84 Å². The van der Waals surface area contributed by atoms with Crippen molar-refractivity contribution in [3.8, 4) is 0 Å². The first-order valence-electron chi connectivity index (χ1n) is 18.6. The molecule has 0 aromatic carbocycles. The third-order valence-corrected chi connectivity index (χ3v) is 8.03. The molecule has 0 saturated heterocycles. The molecule has 4 heteroatoms. The van der Waals surface area contributed by atoms with Crippen molar-refractivity contribution < 1.29 is 19.4 Å². The number of esters is 1. The molecule has 0 aromatic heterocycles. The molecule has 1 N–H and O–H groups in total. The number of ether oxygens (including phenoxy) is 1. The van der Waals surface area contributed by atoms with Gasteiger partial charge < -0.3 is 9.84 Å². The number of hydrogen-bond donors (Lipinski definition) is 1. The van der Waals surface area contributed by atoms with Crippen molar-refractivity contribution in [3.63, 3.8) is 0 Å². The molecule has 0 aliphatic carbocycles. The number of rotatable bonds is 33. The van der Waals surface area contributed by atoms with Crippen molar-refractivity contribution in [2.24, 2.45) is 0 Å². The van der Waals surface area contributed by atoms with E-state index in [2.05, 4.69) is 62.5 Å². The Kier molecular flexibility index (Phi) is 33.7. The van der Waals surface area contributed by atoms with Crippen LogP contribution >= 0.6 is 0 Å². The monoisotopic (exact) mass is 615 g/mol. The maximum Gasteiger partial charge on any atom is 0.306 e. The molecule has 0 fully saturated rings. The fraction of sp³-hybridized carbons (Fsp3) is 0.750. The number of carbonyl (C=O) groups excluding carboxylic acids is 1. The van der Waals surface area contributed by atoms with Crippen molar-refractivity contribution in [1.82, 2.24) is 0 Å². The number of unbranched alkanes of at least 4 members (excludes halogenated alkanes) is 16. The van der Waals surface area contributed by atoms with Crippen LogP contribution in [0.5, 0.6) is 0 Å². The molecule has 0 heterocycles. The van der Waals surface area contributed by atoms with Gasteiger partial charge in [0.15, 0.2) is 0 Å². The van der Waals surface area contributed by atoms with Crippen LogP contribution in [-0.4, -0.2) is 23.1 Å². The Labute approximate surface area is 272 Å². The molecule has 0 rings (SSSR count). The van der Waals surface area contributed by atoms with Gasteiger partial charge in [-0.1, -0.05) is 152 Å². The van der Waals surface area contributed by atoms with Gasteiger partial charge in [0.05, 0.1) is 0 Å². The van der Waals surface area contributed by atoms with E-state index in [0.717, 1.165) is 70.6 Å². The molecule has 0 saturated carbocycles. The summed E-state index contributed by atoms with van der Waals surface area (Å²) in [6.07, 6.45) is 47.6. The predicted octanol–water partition coefficient (Wildman–Crippen LogP) is 12.8. The van der Waals surface area contributed by atoms with Crippen molar-refractivity contribution >= 4 is 11.9 Å². The molecule has 0 aliphatic rings. The van der Waals surface area contributed by atoms with E-state index in [9.17, 15) is 9.59 Å². The van der Waals surface area contributed by atoms with Gasteiger partial charge in [-0.15, -0.1) is 0 Å². The molecule has 0 spiro atoms. The summed E-state index contributed by atoms with van der Waals surface area (Å²) in [4.78, 5) is 22.9. The quantitative estimate of drug-likeness (QED) is 0.0454. The molecule has 0 aromatic rings. The maximum atomic E-state index is 12.4. The van der Waals surface area contributed by atoms with Crippen LogP contribution in [0.15, 0.2) is 48.6 Å². The SMILES string of the molecule is CCCCC/C=C\C/C=C\C/C=C\C/C=C\CCCC(=O)OC(CCC)CCCCCCCCCCCCCCCC(=O)O. The number of carboxylic acid groups (broad SMARTS) is 1. The fourth-order valence-electron chi connectivity index (χ4n) is 5.35. The molecule has 0 aliphatic heterocycles. The second-order valence-electron chi connectivity index (χ2n) is 12.4. The van der Waals surface area contributed by atoms with Gasteiger partial charge in [-0.3, -0.25) is 9.59 Å². The van der Waals surface area contributed by atoms with E-state index in [1.807, 2.05) is 0 Å². The zero-order chi connectivity index (χ0) is 32.2. The van der Waals surface area contributed by atoms with E-state index in [0.29, 0.717) is 12.8 Å². The van der Waals surface area contributed by atoms with Crippen LogP contribution in [0.2, 0.25) is 0 Å². The van der Waals surface area contributed by atoms with Gasteiger partial charge in [0.2, 0.25) is 0 Å². The first-order valence-corrected chi connectivity index (χ1v) is 18.6. The first-order chi connectivity index (χ1) is 21.6. The van der Waals surface area contributed by atoms with Crippen LogP contribution in [-0.2, 0) is 14.3 Å². The zero-order valence-electron chi connectivity index (χ0n) is 29.0. The lowest BCUT2D eigenvalue weighted by Gasteiger charge is -2.17. The highest BCUT2D eigenvalue weighted by atomic mass is 16.5. The van der Waals surface area contributed by atoms with Crippen molar-refractivity contribution in [2.45, 2.75) is 193 Å². The minimum absolute atomic E-state index is 0.0281. The predicted molar refractivity (Wildman–Crippen MR) is 190 cm³/mol. The molecule has 1 atom stereocenters. The Bertz CT molecular complexity index is 748. The van der Waals surface area contributed by atoms with E-state index in [1.165, 1.54) is 89.9 Å². The smallest absolute Gasteiger partial charge is 0.306 e. The summed E-state index contributed by atoms with van der Waals surface area (Å²) in [5.74, 6) is -0.700. The van der Waals surface area contributed by atoms with Crippen molar-refractivity contribution in [3.05, 3.63) is 48.6 Å². The normalized spacial score (nSPS) is 12.8. The molecular weight excluding hydrogens is 544 g/mol. The molecule has 0 bridgehead atoms. The summed E-state index contributed by atoms with van der Waals surface area (Å²) >= 11 is 0. The Hall–Kier alpha value is -2.10. The van der Waals surface area contributed by atoms with Crippen molar-refractivity contribution in [2.75, 3.05) is 0 Å². The largest absolute Gasteiger partial charge is 0.481 e. The molecular formula is C40H70O4. The number of allylic oxidation sites excluding steroid dienone is 8. The maximum absolute atomic E-state index is 12.4. The van der Waals surface area contributed by atoms with Gasteiger partial charge in [0.1, 0.15) is 6.10 Å². The van der Waals surface area contributed by atoms with E-state index < -0.39 is 5.97 Å². The van der Waals surface area contributed by atoms with Crippen LogP contribution in [0.1, 0.15) is 187 Å². The molecule has 254 valence electrons. The summed E-state index contributed by atoms with van der Waals surface area (Å²) in [6, 6.07) is 0. The lowest BCUT2D eigenvalue weighted by atomic mass is 10.0. The highest BCUT2D eigenvalue weighted by molar-refractivity contribution is 5.69. The molecule has 44 heavy (non-hydrogen) atoms. The van der Waals surface area contributed by atoms with Gasteiger partial charge >= 0.3 is 11.9 Å². The molecule has 1 unspecified atom stereocenters. The molecule has 4 nitrogen and oxygen atoms in total. The highest BCUT2D eigenvalue weighted by Crippen LogP contribution is 2.17. The van der Waals surface area contributed by atoms with Crippen LogP contribution in [0, 0.1) is 0 Å². The van der Waals surface area contributed by atoms with Crippen LogP contribution in [0.3, 0.4) is 0 Å². The third kappa shape index (κ3) is 34.4. The Morgan fingerprint density at radius 2 is 0.955 bits per heavy atom. The summed E-state index contributed by atoms with van der Waals surface area (Å²) in [6.45, 7) is 4.41. The van der Waals surface area contributed by atoms with Gasteiger partial charge in [-0.2, -0.15) is 0 Å². The second-order valence-corrected chi connectivity index (χ2v) is 12.4. The van der Waals surface area contributed by atoms with E-state index in [-0.39, 0.29) is 12.1 Å². The first kappa shape index (κ1) is 41.9. The van der Waals surface area contributed by atoms with Gasteiger partial charge in [0, 0.05) is 12.8 Å². The molecule has 0 radical (unpaired) electrons. The van der Waals surface area contributed by atoms with Gasteiger partial charge in [-0.25, -0.2) is 0 Å². The van der Waals surface area contributed by atoms with Crippen LogP contribution in [0.25, 0.3) is 0 Å². The summed E-state index contributed by atoms with van der Waals surface area (Å²) < 4.78 is 5.83. The molecule has 0 amide bonds. The fourth-order valence-corrected chi connectivity index (χ4v) is 5.35. The van der Waals surface area contributed by atoms with Gasteiger partial charge in [0.25, 0.3) is 0 Å². The van der Waals surface area contributed by atoms with E-state index >= 15 is 0 Å². The number of aliphatic carboxylic acids is 1. The number of carboxylic acids is 1. The van der Waals surface area contributed by atoms with Crippen LogP contribution < -0.4 is 0 Å². The minimum Gasteiger partial charge on any atom is -0.481 e. The standard InChI is InChI=1S/C40H70O4/c1-3-5-6-7-8-9-10-11-12-13-14-18-21-24-27-30-33-37-40(43)44-38(34-4-2)35-31-28-25-22-19-16-15-17-20-23-26-29-32-36-39(41)42/h8-9,11-12,14,18,24,27,38H,3-7,10,13,15-17,19-23,25-26,28-37H2,1-2H3,(H,41,42)/b9-8-,12-11-,18-14-,27-24-. The summed E-state index contributed by atoms with van der Waals surface area (Å²) in [5, 5.41) is 8.66. The zero-order valence-corrected chi connectivity index (χ0v) is 29.0. The van der Waals surface area contributed by atoms with Gasteiger partial charge in [-0.05, 0) is 70.6 Å². The third-order valence-electron chi connectivity index (χ3n) is 8.03. The number of carbonyl (C=O) groups is 2. The lowest BCUT2D eigenvalue weighted by molar-refractivity contribution is -0.150. The minimum atomic E-state index is -0.672. The van der Waals surface area contributed by atoms with E-state index in [1.54, 1.807) is 0 Å². The average molecular weight is 615 g/mol. The summed E-state index contributed by atoms with van der Waals surface area (Å²) in [5.41, 5.74) is 0. The number of hydrogen-bond acceptors (Lipinski definition) is 3. The Morgan fingerprint density at radius 1 is 0.500 bits per heavy atom. The highest BCUT2D eigenvalue weighted by Gasteiger charge is 2.13. The topological polar surface area (TPSA) is 63.6 Å². The summed E-state index contributed by atoms with van der Waals surface area (Å²) in [7, 11) is 0. The van der Waals surface area contributed by atoms with Crippen LogP contribution in [0.4, 0.5) is 0 Å². The second kappa shape index (κ2) is 35.4.